The predicted molar refractivity (Wildman–Crippen MR) is 86.8 cm³/mol. The van der Waals surface area contributed by atoms with Crippen LogP contribution in [-0.2, 0) is 0 Å². The smallest absolute Gasteiger partial charge is 0.141 e. The van der Waals surface area contributed by atoms with Crippen molar-refractivity contribution in [1.29, 1.82) is 10.5 Å². The average molecular weight is 354 g/mol. The van der Waals surface area contributed by atoms with Gasteiger partial charge in [0.2, 0.25) is 0 Å². The van der Waals surface area contributed by atoms with Crippen molar-refractivity contribution in [3.8, 4) is 12.1 Å². The van der Waals surface area contributed by atoms with Crippen molar-refractivity contribution >= 4 is 28.9 Å². The molecule has 0 aromatic heterocycles. The standard InChI is InChI=1S/C9H8ClFN2.C7H3ClFN/c10-8-5-7(6-12)1-2-9(8)13-4-3-11;8-6-3-5(4-10)1-2-7(6)9/h1-2,5,13H,3-4H2;1-3H. The Morgan fingerprint density at radius 3 is 2.00 bits per heavy atom. The van der Waals surface area contributed by atoms with Crippen molar-refractivity contribution in [2.45, 2.75) is 0 Å². The fraction of sp³-hybridized carbons (Fsp3) is 0.125. The molecule has 0 aliphatic heterocycles. The van der Waals surface area contributed by atoms with Gasteiger partial charge in [-0.15, -0.1) is 0 Å². The second-order valence-corrected chi connectivity index (χ2v) is 4.98. The van der Waals surface area contributed by atoms with Crippen LogP contribution in [0.5, 0.6) is 0 Å². The van der Waals surface area contributed by atoms with Gasteiger partial charge < -0.3 is 5.32 Å². The summed E-state index contributed by atoms with van der Waals surface area (Å²) in [6.45, 7) is -0.220. The van der Waals surface area contributed by atoms with Crippen molar-refractivity contribution in [2.24, 2.45) is 0 Å². The molecule has 2 aromatic carbocycles. The molecule has 0 aliphatic rings. The van der Waals surface area contributed by atoms with Gasteiger partial charge in [0.1, 0.15) is 12.5 Å². The van der Waals surface area contributed by atoms with E-state index in [1.807, 2.05) is 12.1 Å². The van der Waals surface area contributed by atoms with Gasteiger partial charge in [0.15, 0.2) is 0 Å². The summed E-state index contributed by atoms with van der Waals surface area (Å²) in [6.07, 6.45) is 0. The van der Waals surface area contributed by atoms with Gasteiger partial charge in [0.25, 0.3) is 0 Å². The van der Waals surface area contributed by atoms with E-state index in [9.17, 15) is 8.78 Å². The third kappa shape index (κ3) is 6.12. The summed E-state index contributed by atoms with van der Waals surface area (Å²) < 4.78 is 24.2. The van der Waals surface area contributed by atoms with Crippen LogP contribution in [0.25, 0.3) is 0 Å². The van der Waals surface area contributed by atoms with Crippen LogP contribution >= 0.6 is 23.2 Å². The SMILES string of the molecule is N#Cc1ccc(F)c(Cl)c1.N#Cc1ccc(NCCF)c(Cl)c1. The van der Waals surface area contributed by atoms with E-state index < -0.39 is 12.5 Å². The second kappa shape index (κ2) is 9.63. The van der Waals surface area contributed by atoms with Crippen LogP contribution in [0.4, 0.5) is 14.5 Å². The van der Waals surface area contributed by atoms with Gasteiger partial charge >= 0.3 is 0 Å². The van der Waals surface area contributed by atoms with Crippen molar-refractivity contribution in [3.05, 3.63) is 63.4 Å². The number of nitrogens with one attached hydrogen (secondary N) is 1. The fourth-order valence-electron chi connectivity index (χ4n) is 1.48. The number of benzene rings is 2. The summed E-state index contributed by atoms with van der Waals surface area (Å²) >= 11 is 11.2. The molecule has 118 valence electrons. The Hall–Kier alpha value is -2.34. The number of hydrogen-bond donors (Lipinski definition) is 1. The lowest BCUT2D eigenvalue weighted by Crippen LogP contribution is -2.03. The van der Waals surface area contributed by atoms with Gasteiger partial charge in [-0.25, -0.2) is 8.78 Å². The largest absolute Gasteiger partial charge is 0.381 e. The first kappa shape index (κ1) is 18.7. The van der Waals surface area contributed by atoms with Crippen molar-refractivity contribution in [2.75, 3.05) is 18.5 Å². The number of anilines is 1. The molecule has 7 heteroatoms. The first-order valence-corrected chi connectivity index (χ1v) is 7.12. The fourth-order valence-corrected chi connectivity index (χ4v) is 1.90. The van der Waals surface area contributed by atoms with Crippen LogP contribution in [-0.4, -0.2) is 13.2 Å². The molecule has 0 atom stereocenters. The Morgan fingerprint density at radius 2 is 1.52 bits per heavy atom. The number of nitriles is 2. The van der Waals surface area contributed by atoms with E-state index >= 15 is 0 Å². The Labute approximate surface area is 142 Å². The molecular formula is C16H11Cl2F2N3. The Bertz CT molecular complexity index is 752. The lowest BCUT2D eigenvalue weighted by atomic mass is 10.2. The topological polar surface area (TPSA) is 59.6 Å². The van der Waals surface area contributed by atoms with Crippen LogP contribution in [0, 0.1) is 28.5 Å². The monoisotopic (exact) mass is 353 g/mol. The summed E-state index contributed by atoms with van der Waals surface area (Å²) in [7, 11) is 0. The maximum absolute atomic E-state index is 12.4. The highest BCUT2D eigenvalue weighted by Gasteiger charge is 2.00. The highest BCUT2D eigenvalue weighted by Crippen LogP contribution is 2.22. The quantitative estimate of drug-likeness (QED) is 0.849. The molecule has 3 nitrogen and oxygen atoms in total. The molecule has 0 saturated carbocycles. The molecule has 0 fully saturated rings. The highest BCUT2D eigenvalue weighted by atomic mass is 35.5. The number of alkyl halides is 1. The Balaban J connectivity index is 0.000000238. The molecule has 0 bridgehead atoms. The zero-order chi connectivity index (χ0) is 17.2. The van der Waals surface area contributed by atoms with Crippen LogP contribution in [0.2, 0.25) is 10.0 Å². The van der Waals surface area contributed by atoms with Gasteiger partial charge in [0, 0.05) is 6.54 Å². The molecule has 1 N–H and O–H groups in total. The summed E-state index contributed by atoms with van der Waals surface area (Å²) in [4.78, 5) is 0. The van der Waals surface area contributed by atoms with Gasteiger partial charge in [-0.05, 0) is 36.4 Å². The van der Waals surface area contributed by atoms with E-state index in [-0.39, 0.29) is 11.6 Å². The lowest BCUT2D eigenvalue weighted by Gasteiger charge is -2.05. The van der Waals surface area contributed by atoms with Crippen LogP contribution < -0.4 is 5.32 Å². The van der Waals surface area contributed by atoms with E-state index in [2.05, 4.69) is 5.32 Å². The number of rotatable bonds is 3. The minimum Gasteiger partial charge on any atom is -0.381 e. The third-order valence-electron chi connectivity index (χ3n) is 2.56. The molecule has 0 spiro atoms. The Kier molecular flexibility index (Phi) is 7.83. The molecule has 0 saturated heterocycles. The lowest BCUT2D eigenvalue weighted by molar-refractivity contribution is 0.513. The number of nitrogens with zero attached hydrogens (tertiary/aromatic N) is 2. The second-order valence-electron chi connectivity index (χ2n) is 4.16. The van der Waals surface area contributed by atoms with Gasteiger partial charge in [0.05, 0.1) is 39.0 Å². The first-order chi connectivity index (χ1) is 11.0. The Morgan fingerprint density at radius 1 is 0.957 bits per heavy atom. The van der Waals surface area contributed by atoms with E-state index in [0.29, 0.717) is 21.8 Å². The van der Waals surface area contributed by atoms with Gasteiger partial charge in [-0.2, -0.15) is 10.5 Å². The zero-order valence-corrected chi connectivity index (χ0v) is 13.3. The number of hydrogen-bond acceptors (Lipinski definition) is 3. The highest BCUT2D eigenvalue weighted by molar-refractivity contribution is 6.33. The minimum atomic E-state index is -0.499. The maximum Gasteiger partial charge on any atom is 0.141 e. The molecule has 23 heavy (non-hydrogen) atoms. The van der Waals surface area contributed by atoms with Gasteiger partial charge in [-0.1, -0.05) is 23.2 Å². The predicted octanol–water partition coefficient (Wildman–Crippen LogP) is 4.94. The van der Waals surface area contributed by atoms with Crippen molar-refractivity contribution < 1.29 is 8.78 Å². The van der Waals surface area contributed by atoms with E-state index in [4.69, 9.17) is 33.7 Å². The van der Waals surface area contributed by atoms with Gasteiger partial charge in [-0.3, -0.25) is 0 Å². The van der Waals surface area contributed by atoms with E-state index in [1.54, 1.807) is 18.2 Å². The molecule has 2 rings (SSSR count). The van der Waals surface area contributed by atoms with Crippen LogP contribution in [0.1, 0.15) is 11.1 Å². The summed E-state index contributed by atoms with van der Waals surface area (Å²) in [5.41, 5.74) is 1.51. The minimum absolute atomic E-state index is 0.0148. The number of halogens is 4. The first-order valence-electron chi connectivity index (χ1n) is 6.36. The van der Waals surface area contributed by atoms with Crippen molar-refractivity contribution in [1.82, 2.24) is 0 Å². The summed E-state index contributed by atoms with van der Waals surface area (Å²) in [5, 5.41) is 20.1. The van der Waals surface area contributed by atoms with Crippen molar-refractivity contribution in [3.63, 3.8) is 0 Å². The normalized spacial score (nSPS) is 9.13. The molecular weight excluding hydrogens is 343 g/mol. The average Bonchev–Trinajstić information content (AvgIpc) is 2.56. The third-order valence-corrected chi connectivity index (χ3v) is 3.16. The summed E-state index contributed by atoms with van der Waals surface area (Å²) in [5.74, 6) is -0.499. The summed E-state index contributed by atoms with van der Waals surface area (Å²) in [6, 6.07) is 12.5. The molecule has 0 heterocycles. The van der Waals surface area contributed by atoms with E-state index in [0.717, 1.165) is 0 Å². The van der Waals surface area contributed by atoms with Crippen LogP contribution in [0.15, 0.2) is 36.4 Å². The molecule has 0 radical (unpaired) electrons. The zero-order valence-electron chi connectivity index (χ0n) is 11.8. The molecule has 0 aliphatic carbocycles. The van der Waals surface area contributed by atoms with E-state index in [1.165, 1.54) is 18.2 Å². The van der Waals surface area contributed by atoms with Crippen LogP contribution in [0.3, 0.4) is 0 Å². The molecule has 0 unspecified atom stereocenters. The molecule has 2 aromatic rings. The molecule has 0 amide bonds. The maximum atomic E-state index is 12.4.